The van der Waals surface area contributed by atoms with Gasteiger partial charge in [0.05, 0.1) is 17.8 Å². The number of aromatic nitrogens is 1. The molecule has 0 radical (unpaired) electrons. The summed E-state index contributed by atoms with van der Waals surface area (Å²) in [4.78, 5) is 37.5. The first-order chi connectivity index (χ1) is 18.1. The van der Waals surface area contributed by atoms with Crippen LogP contribution in [0.3, 0.4) is 0 Å². The Hall–Kier alpha value is -3.87. The van der Waals surface area contributed by atoms with E-state index in [1.165, 1.54) is 5.56 Å². The van der Waals surface area contributed by atoms with Crippen LogP contribution in [0.25, 0.3) is 10.9 Å². The van der Waals surface area contributed by atoms with Crippen molar-refractivity contribution in [2.24, 2.45) is 0 Å². The predicted octanol–water partition coefficient (Wildman–Crippen LogP) is 4.73. The SMILES string of the molecule is CCOc1cccc(CN2CCN(C3(c4ccc5ccccc5n4)C(=O)c4ccccc4C3=O)CC2)c1. The smallest absolute Gasteiger partial charge is 0.198 e. The molecule has 0 unspecified atom stereocenters. The van der Waals surface area contributed by atoms with E-state index in [4.69, 9.17) is 9.72 Å². The zero-order chi connectivity index (χ0) is 25.4. The Morgan fingerprint density at radius 2 is 1.51 bits per heavy atom. The summed E-state index contributed by atoms with van der Waals surface area (Å²) in [7, 11) is 0. The lowest BCUT2D eigenvalue weighted by atomic mass is 9.85. The minimum atomic E-state index is -1.44. The van der Waals surface area contributed by atoms with Crippen LogP contribution in [-0.4, -0.2) is 59.1 Å². The van der Waals surface area contributed by atoms with Gasteiger partial charge in [0.1, 0.15) is 5.75 Å². The van der Waals surface area contributed by atoms with E-state index in [2.05, 4.69) is 21.9 Å². The number of Topliss-reactive ketones (excluding diaryl/α,β-unsaturated/α-hetero) is 2. The fraction of sp³-hybridized carbons (Fsp3) is 0.258. The summed E-state index contributed by atoms with van der Waals surface area (Å²) in [6, 6.07) is 27.0. The highest BCUT2D eigenvalue weighted by molar-refractivity contribution is 6.32. The summed E-state index contributed by atoms with van der Waals surface area (Å²) >= 11 is 0. The second-order valence-corrected chi connectivity index (χ2v) is 9.65. The Morgan fingerprint density at radius 3 is 2.24 bits per heavy atom. The average Bonchev–Trinajstić information content (AvgIpc) is 3.16. The molecule has 1 aliphatic carbocycles. The van der Waals surface area contributed by atoms with Gasteiger partial charge < -0.3 is 4.74 Å². The molecule has 1 fully saturated rings. The lowest BCUT2D eigenvalue weighted by Gasteiger charge is -2.43. The Morgan fingerprint density at radius 1 is 0.811 bits per heavy atom. The van der Waals surface area contributed by atoms with Crippen molar-refractivity contribution in [2.45, 2.75) is 19.0 Å². The van der Waals surface area contributed by atoms with Crippen molar-refractivity contribution < 1.29 is 14.3 Å². The number of ether oxygens (including phenoxy) is 1. The van der Waals surface area contributed by atoms with Crippen molar-refractivity contribution in [1.29, 1.82) is 0 Å². The van der Waals surface area contributed by atoms with E-state index in [9.17, 15) is 9.59 Å². The summed E-state index contributed by atoms with van der Waals surface area (Å²) in [5.74, 6) is 0.530. The maximum atomic E-state index is 14.1. The highest BCUT2D eigenvalue weighted by atomic mass is 16.5. The number of para-hydroxylation sites is 1. The van der Waals surface area contributed by atoms with E-state index in [1.54, 1.807) is 12.1 Å². The molecule has 1 saturated heterocycles. The van der Waals surface area contributed by atoms with Crippen LogP contribution < -0.4 is 4.74 Å². The summed E-state index contributed by atoms with van der Waals surface area (Å²) in [5.41, 5.74) is 2.01. The Balaban J connectivity index is 1.33. The minimum Gasteiger partial charge on any atom is -0.494 e. The van der Waals surface area contributed by atoms with Gasteiger partial charge in [-0.25, -0.2) is 4.98 Å². The van der Waals surface area contributed by atoms with Crippen LogP contribution in [-0.2, 0) is 12.1 Å². The van der Waals surface area contributed by atoms with Gasteiger partial charge in [0.25, 0.3) is 0 Å². The zero-order valence-electron chi connectivity index (χ0n) is 20.9. The molecule has 0 N–H and O–H groups in total. The molecule has 1 aromatic heterocycles. The van der Waals surface area contributed by atoms with E-state index in [-0.39, 0.29) is 11.6 Å². The number of rotatable bonds is 6. The quantitative estimate of drug-likeness (QED) is 0.364. The van der Waals surface area contributed by atoms with Gasteiger partial charge in [0.15, 0.2) is 17.1 Å². The number of nitrogens with zero attached hydrogens (tertiary/aromatic N) is 3. The lowest BCUT2D eigenvalue weighted by Crippen LogP contribution is -2.60. The fourth-order valence-electron chi connectivity index (χ4n) is 5.72. The number of carbonyl (C=O) groups is 2. The topological polar surface area (TPSA) is 62.7 Å². The molecule has 0 atom stereocenters. The fourth-order valence-corrected chi connectivity index (χ4v) is 5.72. The van der Waals surface area contributed by atoms with Crippen LogP contribution in [0.2, 0.25) is 0 Å². The first kappa shape index (κ1) is 23.5. The summed E-state index contributed by atoms with van der Waals surface area (Å²) in [5, 5.41) is 0.982. The van der Waals surface area contributed by atoms with Crippen molar-refractivity contribution in [3.8, 4) is 5.75 Å². The molecule has 3 aromatic carbocycles. The second-order valence-electron chi connectivity index (χ2n) is 9.65. The van der Waals surface area contributed by atoms with Crippen molar-refractivity contribution in [3.05, 3.63) is 107 Å². The molecule has 1 aliphatic heterocycles. The third kappa shape index (κ3) is 3.93. The monoisotopic (exact) mass is 491 g/mol. The maximum absolute atomic E-state index is 14.1. The van der Waals surface area contributed by atoms with Crippen LogP contribution in [0, 0.1) is 0 Å². The van der Waals surface area contributed by atoms with Gasteiger partial charge in [0.2, 0.25) is 0 Å². The van der Waals surface area contributed by atoms with Crippen molar-refractivity contribution >= 4 is 22.5 Å². The van der Waals surface area contributed by atoms with E-state index in [1.807, 2.05) is 67.6 Å². The van der Waals surface area contributed by atoms with Gasteiger partial charge in [-0.2, -0.15) is 0 Å². The van der Waals surface area contributed by atoms with Gasteiger partial charge in [0, 0.05) is 49.2 Å². The molecule has 6 heteroatoms. The average molecular weight is 492 g/mol. The first-order valence-electron chi connectivity index (χ1n) is 12.9. The predicted molar refractivity (Wildman–Crippen MR) is 143 cm³/mol. The van der Waals surface area contributed by atoms with Gasteiger partial charge in [-0.05, 0) is 36.8 Å². The molecule has 37 heavy (non-hydrogen) atoms. The number of benzene rings is 3. The third-order valence-electron chi connectivity index (χ3n) is 7.50. The molecule has 6 rings (SSSR count). The summed E-state index contributed by atoms with van der Waals surface area (Å²) < 4.78 is 5.66. The van der Waals surface area contributed by atoms with Crippen molar-refractivity contribution in [3.63, 3.8) is 0 Å². The van der Waals surface area contributed by atoms with Crippen LogP contribution in [0.1, 0.15) is 38.9 Å². The van der Waals surface area contributed by atoms with Crippen LogP contribution in [0.5, 0.6) is 5.75 Å². The van der Waals surface area contributed by atoms with Gasteiger partial charge in [-0.15, -0.1) is 0 Å². The Bertz CT molecular complexity index is 1460. The van der Waals surface area contributed by atoms with Gasteiger partial charge in [-0.1, -0.05) is 60.7 Å². The van der Waals surface area contributed by atoms with Gasteiger partial charge >= 0.3 is 0 Å². The molecule has 0 saturated carbocycles. The summed E-state index contributed by atoms with van der Waals surface area (Å²) in [6.07, 6.45) is 0. The second kappa shape index (κ2) is 9.54. The van der Waals surface area contributed by atoms with E-state index in [0.29, 0.717) is 36.5 Å². The highest BCUT2D eigenvalue weighted by Crippen LogP contribution is 2.42. The number of hydrogen-bond acceptors (Lipinski definition) is 6. The number of hydrogen-bond donors (Lipinski definition) is 0. The minimum absolute atomic E-state index is 0.172. The lowest BCUT2D eigenvalue weighted by molar-refractivity contribution is 0.0267. The number of carbonyl (C=O) groups excluding carboxylic acids is 2. The largest absolute Gasteiger partial charge is 0.494 e. The Labute approximate surface area is 216 Å². The molecule has 0 bridgehead atoms. The van der Waals surface area contributed by atoms with Gasteiger partial charge in [-0.3, -0.25) is 19.4 Å². The normalized spacial score (nSPS) is 17.8. The van der Waals surface area contributed by atoms with Crippen molar-refractivity contribution in [1.82, 2.24) is 14.8 Å². The standard InChI is InChI=1S/C31H29N3O3/c1-2-37-24-10-7-8-22(20-24)21-33-16-18-34(19-17-33)31(28-15-14-23-9-3-6-13-27(23)32-28)29(35)25-11-4-5-12-26(25)30(31)36/h3-15,20H,2,16-19,21H2,1H3. The molecular weight excluding hydrogens is 462 g/mol. The van der Waals surface area contributed by atoms with Crippen LogP contribution >= 0.6 is 0 Å². The highest BCUT2D eigenvalue weighted by Gasteiger charge is 2.59. The van der Waals surface area contributed by atoms with E-state index >= 15 is 0 Å². The number of fused-ring (bicyclic) bond motifs is 2. The Kier molecular flexibility index (Phi) is 6.07. The molecule has 0 amide bonds. The van der Waals surface area contributed by atoms with Crippen molar-refractivity contribution in [2.75, 3.05) is 32.8 Å². The molecular formula is C31H29N3O3. The summed E-state index contributed by atoms with van der Waals surface area (Å²) in [6.45, 7) is 6.07. The van der Waals surface area contributed by atoms with E-state index in [0.717, 1.165) is 36.3 Å². The number of ketones is 2. The number of piperazine rings is 1. The molecule has 4 aromatic rings. The molecule has 2 aliphatic rings. The zero-order valence-corrected chi connectivity index (χ0v) is 20.9. The molecule has 2 heterocycles. The van der Waals surface area contributed by atoms with E-state index < -0.39 is 5.54 Å². The first-order valence-corrected chi connectivity index (χ1v) is 12.9. The molecule has 6 nitrogen and oxygen atoms in total. The molecule has 186 valence electrons. The number of pyridine rings is 1. The molecule has 0 spiro atoms. The third-order valence-corrected chi connectivity index (χ3v) is 7.50. The van der Waals surface area contributed by atoms with Crippen LogP contribution in [0.15, 0.2) is 84.9 Å². The van der Waals surface area contributed by atoms with Crippen LogP contribution in [0.4, 0.5) is 0 Å². The maximum Gasteiger partial charge on any atom is 0.198 e.